The Bertz CT molecular complexity index is 633. The summed E-state index contributed by atoms with van der Waals surface area (Å²) in [6.07, 6.45) is 0.583. The van der Waals surface area contributed by atoms with Gasteiger partial charge in [0.25, 0.3) is 0 Å². The topological polar surface area (TPSA) is 17.8 Å². The average molecular weight is 366 g/mol. The lowest BCUT2D eigenvalue weighted by Gasteiger charge is -2.31. The van der Waals surface area contributed by atoms with Gasteiger partial charge in [0.1, 0.15) is 0 Å². The van der Waals surface area contributed by atoms with Crippen molar-refractivity contribution in [2.24, 2.45) is 7.05 Å². The summed E-state index contributed by atoms with van der Waals surface area (Å²) in [5.41, 5.74) is 2.17. The fourth-order valence-electron chi connectivity index (χ4n) is 2.45. The Kier molecular flexibility index (Phi) is 5.48. The quantitative estimate of drug-likeness (QED) is 0.682. The summed E-state index contributed by atoms with van der Waals surface area (Å²) in [6, 6.07) is 7.64. The van der Waals surface area contributed by atoms with E-state index in [4.69, 9.17) is 46.4 Å². The third kappa shape index (κ3) is 3.19. The smallest absolute Gasteiger partial charge is 0.0847 e. The number of nitrogens with zero attached hydrogens (tertiary/aromatic N) is 2. The summed E-state index contributed by atoms with van der Waals surface area (Å²) >= 11 is 25.3. The lowest BCUT2D eigenvalue weighted by molar-refractivity contribution is 0.511. The lowest BCUT2D eigenvalue weighted by Crippen LogP contribution is -2.34. The Balaban J connectivity index is 2.51. The van der Waals surface area contributed by atoms with Crippen LogP contribution in [0.25, 0.3) is 0 Å². The number of rotatable bonds is 5. The second-order valence-electron chi connectivity index (χ2n) is 5.17. The highest BCUT2D eigenvalue weighted by molar-refractivity contribution is 6.32. The average Bonchev–Trinajstić information content (AvgIpc) is 2.71. The molecule has 0 radical (unpaired) electrons. The largest absolute Gasteiger partial charge is 0.271 e. The summed E-state index contributed by atoms with van der Waals surface area (Å²) in [5.74, 6) is 0.696. The number of hydrogen-bond donors (Lipinski definition) is 0. The van der Waals surface area contributed by atoms with Crippen LogP contribution in [0.15, 0.2) is 24.3 Å². The zero-order valence-corrected chi connectivity index (χ0v) is 14.9. The lowest BCUT2D eigenvalue weighted by atomic mass is 9.80. The fourth-order valence-corrected chi connectivity index (χ4v) is 3.78. The van der Waals surface area contributed by atoms with E-state index < -0.39 is 5.41 Å². The predicted octanol–water partition coefficient (Wildman–Crippen LogP) is 4.99. The van der Waals surface area contributed by atoms with E-state index in [1.807, 2.05) is 38.2 Å². The molecule has 6 heteroatoms. The minimum atomic E-state index is -0.481. The SMILES string of the molecule is Cc1nn(C)c(CC(CCl)(CCl)c2ccccc2Cl)c1Cl. The molecule has 21 heavy (non-hydrogen) atoms. The molecule has 0 atom stereocenters. The van der Waals surface area contributed by atoms with Gasteiger partial charge in [0, 0.05) is 35.7 Å². The van der Waals surface area contributed by atoms with Gasteiger partial charge in [-0.05, 0) is 18.6 Å². The van der Waals surface area contributed by atoms with Crippen LogP contribution in [0.2, 0.25) is 10.0 Å². The fraction of sp³-hybridized carbons (Fsp3) is 0.400. The van der Waals surface area contributed by atoms with Crippen LogP contribution in [0, 0.1) is 6.92 Å². The van der Waals surface area contributed by atoms with Gasteiger partial charge in [0.05, 0.1) is 16.4 Å². The Labute approximate surface area is 144 Å². The molecule has 0 aliphatic heterocycles. The van der Waals surface area contributed by atoms with Crippen molar-refractivity contribution in [3.8, 4) is 0 Å². The molecular formula is C15H16Cl4N2. The van der Waals surface area contributed by atoms with Crippen LogP contribution >= 0.6 is 46.4 Å². The number of hydrogen-bond acceptors (Lipinski definition) is 1. The van der Waals surface area contributed by atoms with Crippen molar-refractivity contribution in [2.45, 2.75) is 18.8 Å². The van der Waals surface area contributed by atoms with E-state index in [2.05, 4.69) is 5.10 Å². The summed E-state index contributed by atoms with van der Waals surface area (Å²) in [7, 11) is 1.87. The Morgan fingerprint density at radius 3 is 2.24 bits per heavy atom. The molecule has 1 aromatic heterocycles. The van der Waals surface area contributed by atoms with Crippen molar-refractivity contribution in [2.75, 3.05) is 11.8 Å². The number of aryl methyl sites for hydroxylation is 2. The van der Waals surface area contributed by atoms with Crippen LogP contribution in [-0.2, 0) is 18.9 Å². The molecule has 0 saturated heterocycles. The first kappa shape index (κ1) is 17.0. The molecule has 2 nitrogen and oxygen atoms in total. The maximum Gasteiger partial charge on any atom is 0.0847 e. The van der Waals surface area contributed by atoms with Gasteiger partial charge in [-0.3, -0.25) is 4.68 Å². The van der Waals surface area contributed by atoms with E-state index in [0.717, 1.165) is 17.0 Å². The molecule has 0 bridgehead atoms. The normalized spacial score (nSPS) is 11.9. The van der Waals surface area contributed by atoms with E-state index >= 15 is 0 Å². The zero-order chi connectivity index (χ0) is 15.6. The van der Waals surface area contributed by atoms with Crippen LogP contribution < -0.4 is 0 Å². The van der Waals surface area contributed by atoms with Gasteiger partial charge in [0.2, 0.25) is 0 Å². The van der Waals surface area contributed by atoms with Crippen LogP contribution in [0.5, 0.6) is 0 Å². The van der Waals surface area contributed by atoms with Gasteiger partial charge >= 0.3 is 0 Å². The van der Waals surface area contributed by atoms with Crippen molar-refractivity contribution in [1.82, 2.24) is 9.78 Å². The standard InChI is InChI=1S/C15H16Cl4N2/c1-10-14(19)13(21(2)20-10)7-15(8-16,9-17)11-5-3-4-6-12(11)18/h3-6H,7-9H2,1-2H3. The highest BCUT2D eigenvalue weighted by Gasteiger charge is 2.35. The van der Waals surface area contributed by atoms with Crippen LogP contribution in [-0.4, -0.2) is 21.5 Å². The Morgan fingerprint density at radius 2 is 1.76 bits per heavy atom. The summed E-state index contributed by atoms with van der Waals surface area (Å²) in [5, 5.41) is 5.66. The predicted molar refractivity (Wildman–Crippen MR) is 91.2 cm³/mol. The second kappa shape index (κ2) is 6.78. The van der Waals surface area contributed by atoms with Crippen molar-refractivity contribution in [3.63, 3.8) is 0 Å². The number of alkyl halides is 2. The van der Waals surface area contributed by atoms with Gasteiger partial charge in [-0.2, -0.15) is 5.10 Å². The van der Waals surface area contributed by atoms with Gasteiger partial charge < -0.3 is 0 Å². The highest BCUT2D eigenvalue weighted by atomic mass is 35.5. The molecule has 0 aliphatic rings. The molecule has 1 aromatic carbocycles. The van der Waals surface area contributed by atoms with Crippen LogP contribution in [0.4, 0.5) is 0 Å². The zero-order valence-electron chi connectivity index (χ0n) is 11.8. The molecule has 0 amide bonds. The summed E-state index contributed by atoms with van der Waals surface area (Å²) < 4.78 is 1.78. The Hall–Kier alpha value is -0.410. The molecule has 1 heterocycles. The first-order valence-corrected chi connectivity index (χ1v) is 8.32. The maximum atomic E-state index is 6.36. The molecule has 0 fully saturated rings. The monoisotopic (exact) mass is 364 g/mol. The van der Waals surface area contributed by atoms with E-state index in [1.54, 1.807) is 4.68 Å². The molecule has 0 saturated carbocycles. The van der Waals surface area contributed by atoms with Gasteiger partial charge in [-0.25, -0.2) is 0 Å². The van der Waals surface area contributed by atoms with Crippen molar-refractivity contribution >= 4 is 46.4 Å². The molecule has 0 N–H and O–H groups in total. The van der Waals surface area contributed by atoms with Gasteiger partial charge in [0.15, 0.2) is 0 Å². The number of aromatic nitrogens is 2. The van der Waals surface area contributed by atoms with E-state index in [0.29, 0.717) is 28.2 Å². The summed E-state index contributed by atoms with van der Waals surface area (Å²) in [4.78, 5) is 0. The first-order chi connectivity index (χ1) is 9.95. The van der Waals surface area contributed by atoms with Gasteiger partial charge in [-0.1, -0.05) is 41.4 Å². The van der Waals surface area contributed by atoms with Crippen LogP contribution in [0.1, 0.15) is 17.0 Å². The van der Waals surface area contributed by atoms with Crippen molar-refractivity contribution < 1.29 is 0 Å². The molecule has 0 aliphatic carbocycles. The van der Waals surface area contributed by atoms with E-state index in [-0.39, 0.29) is 0 Å². The van der Waals surface area contributed by atoms with E-state index in [1.165, 1.54) is 0 Å². The van der Waals surface area contributed by atoms with Gasteiger partial charge in [-0.15, -0.1) is 23.2 Å². The maximum absolute atomic E-state index is 6.36. The van der Waals surface area contributed by atoms with Crippen LogP contribution in [0.3, 0.4) is 0 Å². The molecule has 2 rings (SSSR count). The molecule has 0 unspecified atom stereocenters. The highest BCUT2D eigenvalue weighted by Crippen LogP contribution is 2.37. The molecule has 114 valence electrons. The second-order valence-corrected chi connectivity index (χ2v) is 6.49. The van der Waals surface area contributed by atoms with E-state index in [9.17, 15) is 0 Å². The number of halogens is 4. The Morgan fingerprint density at radius 1 is 1.14 bits per heavy atom. The van der Waals surface area contributed by atoms with Crippen molar-refractivity contribution in [1.29, 1.82) is 0 Å². The minimum Gasteiger partial charge on any atom is -0.271 e. The molecule has 2 aromatic rings. The minimum absolute atomic E-state index is 0.348. The summed E-state index contributed by atoms with van der Waals surface area (Å²) in [6.45, 7) is 1.88. The molecular weight excluding hydrogens is 350 g/mol. The third-order valence-electron chi connectivity index (χ3n) is 3.72. The molecule has 0 spiro atoms. The van der Waals surface area contributed by atoms with Crippen molar-refractivity contribution in [3.05, 3.63) is 51.3 Å². The third-order valence-corrected chi connectivity index (χ3v) is 5.57. The number of benzene rings is 1. The first-order valence-electron chi connectivity index (χ1n) is 6.50.